The monoisotopic (exact) mass is 502 g/mol. The average molecular weight is 503 g/mol. The number of ether oxygens (including phenoxy) is 1. The van der Waals surface area contributed by atoms with Gasteiger partial charge < -0.3 is 10.1 Å². The molecule has 1 N–H and O–H groups in total. The zero-order chi connectivity index (χ0) is 25.9. The first-order chi connectivity index (χ1) is 18.7. The second-order valence-electron chi connectivity index (χ2n) is 10.5. The summed E-state index contributed by atoms with van der Waals surface area (Å²) in [4.78, 5) is 15.6. The van der Waals surface area contributed by atoms with Crippen molar-refractivity contribution in [3.8, 4) is 16.9 Å². The molecule has 6 rings (SSSR count). The van der Waals surface area contributed by atoms with Gasteiger partial charge in [0.2, 0.25) is 5.91 Å². The molecule has 2 aliphatic rings. The summed E-state index contributed by atoms with van der Waals surface area (Å²) >= 11 is 0. The van der Waals surface area contributed by atoms with E-state index in [-0.39, 0.29) is 11.8 Å². The number of fused-ring (bicyclic) bond motifs is 1. The highest BCUT2D eigenvalue weighted by Gasteiger charge is 2.43. The molecule has 1 aliphatic heterocycles. The highest BCUT2D eigenvalue weighted by atomic mass is 16.5. The standard InChI is InChI=1S/C34H34N2O2/c1-38-28-14-8-13-26(19-28)29-16-15-27(21-35-34(37)32-20-31(32)25-11-6-3-7-12-25)33-23-36(18-17-30(29)33)22-24-9-4-2-5-10-24/h2-16,19,31-32H,17-18,20-23H2,1H3,(H,35,37)/t31-,32+/m0/s1. The number of carbonyl (C=O) groups is 1. The molecule has 0 radical (unpaired) electrons. The lowest BCUT2D eigenvalue weighted by molar-refractivity contribution is -0.122. The zero-order valence-corrected chi connectivity index (χ0v) is 21.9. The van der Waals surface area contributed by atoms with Crippen molar-refractivity contribution < 1.29 is 9.53 Å². The first-order valence-electron chi connectivity index (χ1n) is 13.6. The minimum absolute atomic E-state index is 0.0823. The third kappa shape index (κ3) is 5.23. The topological polar surface area (TPSA) is 41.6 Å². The van der Waals surface area contributed by atoms with Crippen LogP contribution in [-0.4, -0.2) is 24.5 Å². The van der Waals surface area contributed by atoms with Crippen molar-refractivity contribution in [1.29, 1.82) is 0 Å². The Morgan fingerprint density at radius 3 is 2.50 bits per heavy atom. The number of hydrogen-bond acceptors (Lipinski definition) is 3. The fraction of sp³-hybridized carbons (Fsp3) is 0.265. The van der Waals surface area contributed by atoms with E-state index in [1.165, 1.54) is 38.9 Å². The molecule has 38 heavy (non-hydrogen) atoms. The van der Waals surface area contributed by atoms with Crippen LogP contribution in [0.4, 0.5) is 0 Å². The Hall–Kier alpha value is -3.89. The molecule has 1 heterocycles. The maximum absolute atomic E-state index is 13.1. The lowest BCUT2D eigenvalue weighted by atomic mass is 9.87. The van der Waals surface area contributed by atoms with Crippen LogP contribution in [0.3, 0.4) is 0 Å². The van der Waals surface area contributed by atoms with Gasteiger partial charge in [0, 0.05) is 32.1 Å². The Morgan fingerprint density at radius 1 is 0.921 bits per heavy atom. The first kappa shape index (κ1) is 24.4. The fourth-order valence-corrected chi connectivity index (χ4v) is 5.87. The summed E-state index contributed by atoms with van der Waals surface area (Å²) in [6, 6.07) is 33.8. The minimum Gasteiger partial charge on any atom is -0.497 e. The minimum atomic E-state index is 0.0823. The smallest absolute Gasteiger partial charge is 0.224 e. The molecule has 4 aromatic rings. The van der Waals surface area contributed by atoms with Crippen LogP contribution in [0.2, 0.25) is 0 Å². The highest BCUT2D eigenvalue weighted by molar-refractivity contribution is 5.83. The summed E-state index contributed by atoms with van der Waals surface area (Å²) in [5.74, 6) is 1.47. The molecule has 1 amide bonds. The van der Waals surface area contributed by atoms with E-state index in [0.29, 0.717) is 12.5 Å². The van der Waals surface area contributed by atoms with Crippen LogP contribution in [0, 0.1) is 5.92 Å². The first-order valence-corrected chi connectivity index (χ1v) is 13.6. The number of nitrogens with one attached hydrogen (secondary N) is 1. The van der Waals surface area contributed by atoms with Crippen molar-refractivity contribution in [2.24, 2.45) is 5.92 Å². The van der Waals surface area contributed by atoms with E-state index < -0.39 is 0 Å². The summed E-state index contributed by atoms with van der Waals surface area (Å²) in [5, 5.41) is 3.28. The van der Waals surface area contributed by atoms with Crippen molar-refractivity contribution >= 4 is 5.91 Å². The van der Waals surface area contributed by atoms with Gasteiger partial charge in [-0.2, -0.15) is 0 Å². The van der Waals surface area contributed by atoms with Crippen molar-refractivity contribution in [1.82, 2.24) is 10.2 Å². The van der Waals surface area contributed by atoms with Gasteiger partial charge in [0.15, 0.2) is 0 Å². The summed E-state index contributed by atoms with van der Waals surface area (Å²) in [6.45, 7) is 3.38. The predicted molar refractivity (Wildman–Crippen MR) is 152 cm³/mol. The molecule has 0 saturated heterocycles. The van der Waals surface area contributed by atoms with E-state index in [1.807, 2.05) is 12.1 Å². The number of rotatable bonds is 8. The van der Waals surface area contributed by atoms with Gasteiger partial charge in [0.25, 0.3) is 0 Å². The third-order valence-corrected chi connectivity index (χ3v) is 8.03. The van der Waals surface area contributed by atoms with Crippen LogP contribution in [-0.2, 0) is 30.8 Å². The Labute approximate surface area is 225 Å². The summed E-state index contributed by atoms with van der Waals surface area (Å²) in [7, 11) is 1.71. The van der Waals surface area contributed by atoms with Crippen LogP contribution < -0.4 is 10.1 Å². The van der Waals surface area contributed by atoms with Crippen LogP contribution in [0.5, 0.6) is 5.75 Å². The van der Waals surface area contributed by atoms with E-state index in [2.05, 4.69) is 95.1 Å². The zero-order valence-electron chi connectivity index (χ0n) is 21.9. The van der Waals surface area contributed by atoms with Crippen LogP contribution in [0.25, 0.3) is 11.1 Å². The van der Waals surface area contributed by atoms with Crippen molar-refractivity contribution in [3.63, 3.8) is 0 Å². The summed E-state index contributed by atoms with van der Waals surface area (Å²) in [6.07, 6.45) is 1.92. The molecular weight excluding hydrogens is 468 g/mol. The fourth-order valence-electron chi connectivity index (χ4n) is 5.87. The molecule has 1 fully saturated rings. The average Bonchev–Trinajstić information content (AvgIpc) is 3.78. The Kier molecular flexibility index (Phi) is 6.98. The molecule has 1 saturated carbocycles. The van der Waals surface area contributed by atoms with Gasteiger partial charge in [-0.15, -0.1) is 0 Å². The van der Waals surface area contributed by atoms with Gasteiger partial charge in [0.05, 0.1) is 7.11 Å². The Bertz CT molecular complexity index is 1420. The maximum Gasteiger partial charge on any atom is 0.224 e. The molecule has 0 spiro atoms. The van der Waals surface area contributed by atoms with E-state index in [1.54, 1.807) is 7.11 Å². The maximum atomic E-state index is 13.1. The quantitative estimate of drug-likeness (QED) is 0.306. The molecule has 2 atom stereocenters. The number of hydrogen-bond donors (Lipinski definition) is 1. The molecule has 0 bridgehead atoms. The van der Waals surface area contributed by atoms with E-state index in [0.717, 1.165) is 38.2 Å². The SMILES string of the molecule is COc1cccc(-c2ccc(CNC(=O)[C@@H]3C[C@H]3c3ccccc3)c3c2CCN(Cc2ccccc2)C3)c1. The molecule has 4 heteroatoms. The lowest BCUT2D eigenvalue weighted by Gasteiger charge is -2.32. The number of methoxy groups -OCH3 is 1. The van der Waals surface area contributed by atoms with Gasteiger partial charge in [0.1, 0.15) is 5.75 Å². The van der Waals surface area contributed by atoms with Gasteiger partial charge in [-0.05, 0) is 69.8 Å². The molecule has 0 unspecified atom stereocenters. The number of nitrogens with zero attached hydrogens (tertiary/aromatic N) is 1. The molecule has 1 aliphatic carbocycles. The Balaban J connectivity index is 1.24. The van der Waals surface area contributed by atoms with Crippen molar-refractivity contribution in [2.45, 2.75) is 38.4 Å². The van der Waals surface area contributed by atoms with E-state index in [4.69, 9.17) is 4.74 Å². The van der Waals surface area contributed by atoms with Crippen molar-refractivity contribution in [2.75, 3.05) is 13.7 Å². The predicted octanol–water partition coefficient (Wildman–Crippen LogP) is 6.34. The second kappa shape index (κ2) is 10.8. The van der Waals surface area contributed by atoms with Crippen molar-refractivity contribution in [3.05, 3.63) is 125 Å². The van der Waals surface area contributed by atoms with Gasteiger partial charge in [-0.25, -0.2) is 0 Å². The normalized spacial score (nSPS) is 18.4. The van der Waals surface area contributed by atoms with Crippen LogP contribution in [0.1, 0.15) is 40.2 Å². The molecule has 0 aromatic heterocycles. The van der Waals surface area contributed by atoms with E-state index in [9.17, 15) is 4.79 Å². The molecule has 192 valence electrons. The largest absolute Gasteiger partial charge is 0.497 e. The lowest BCUT2D eigenvalue weighted by Crippen LogP contribution is -2.32. The van der Waals surface area contributed by atoms with Gasteiger partial charge in [-0.1, -0.05) is 84.9 Å². The van der Waals surface area contributed by atoms with Gasteiger partial charge >= 0.3 is 0 Å². The second-order valence-corrected chi connectivity index (χ2v) is 10.5. The van der Waals surface area contributed by atoms with Crippen LogP contribution >= 0.6 is 0 Å². The number of carbonyl (C=O) groups excluding carboxylic acids is 1. The number of benzene rings is 4. The molecule has 4 nitrogen and oxygen atoms in total. The summed E-state index contributed by atoms with van der Waals surface area (Å²) < 4.78 is 5.51. The van der Waals surface area contributed by atoms with Crippen LogP contribution in [0.15, 0.2) is 97.1 Å². The highest BCUT2D eigenvalue weighted by Crippen LogP contribution is 2.47. The number of amides is 1. The summed E-state index contributed by atoms with van der Waals surface area (Å²) in [5.41, 5.74) is 9.00. The van der Waals surface area contributed by atoms with Gasteiger partial charge in [-0.3, -0.25) is 9.69 Å². The molecule has 4 aromatic carbocycles. The third-order valence-electron chi connectivity index (χ3n) is 8.03. The Morgan fingerprint density at radius 2 is 1.71 bits per heavy atom. The van der Waals surface area contributed by atoms with E-state index >= 15 is 0 Å². The molecular formula is C34H34N2O2.